The van der Waals surface area contributed by atoms with Gasteiger partial charge in [-0.25, -0.2) is 4.98 Å². The third-order valence-corrected chi connectivity index (χ3v) is 7.32. The lowest BCUT2D eigenvalue weighted by atomic mass is 9.99. The van der Waals surface area contributed by atoms with Crippen LogP contribution in [0.3, 0.4) is 0 Å². The van der Waals surface area contributed by atoms with Crippen LogP contribution in [0.4, 0.5) is 0 Å². The quantitative estimate of drug-likeness (QED) is 0.266. The van der Waals surface area contributed by atoms with Gasteiger partial charge in [0, 0.05) is 47.8 Å². The molecule has 2 aromatic heterocycles. The number of fused-ring (bicyclic) bond motifs is 1. The third-order valence-electron chi connectivity index (χ3n) is 6.63. The number of aromatic nitrogens is 2. The van der Waals surface area contributed by atoms with Gasteiger partial charge in [0.1, 0.15) is 0 Å². The number of nitrogens with zero attached hydrogens (tertiary/aromatic N) is 2. The Morgan fingerprint density at radius 3 is 2.68 bits per heavy atom. The lowest BCUT2D eigenvalue weighted by Crippen LogP contribution is -2.43. The second-order valence-electron chi connectivity index (χ2n) is 9.34. The molecule has 5 rings (SSSR count). The zero-order chi connectivity index (χ0) is 26.7. The SMILES string of the molecule is C[C@@H](C#Cc1nccs1)NC(=O)C(=O)NCc1ccccc1C(=O)NC1(c2cccc3c2ccn3C)CC1. The van der Waals surface area contributed by atoms with Gasteiger partial charge in [-0.1, -0.05) is 36.3 Å². The standard InChI is InChI=1S/C29H27N5O3S/c1-19(10-11-25-30-15-17-38-25)32-28(37)27(36)31-18-20-6-3-4-7-21(20)26(35)33-29(13-14-29)23-8-5-9-24-22(23)12-16-34(24)2/h3-9,12,15-17,19H,13-14,18H2,1-2H3,(H,31,36)(H,32,37)(H,33,35)/t19-/m0/s1. The van der Waals surface area contributed by atoms with E-state index in [0.29, 0.717) is 16.1 Å². The van der Waals surface area contributed by atoms with Crippen molar-refractivity contribution in [3.8, 4) is 11.8 Å². The average molecular weight is 526 g/mol. The molecule has 1 fully saturated rings. The Morgan fingerprint density at radius 1 is 1.11 bits per heavy atom. The highest BCUT2D eigenvalue weighted by Crippen LogP contribution is 2.48. The Kier molecular flexibility index (Phi) is 6.99. The smallest absolute Gasteiger partial charge is 0.310 e. The van der Waals surface area contributed by atoms with Crippen LogP contribution >= 0.6 is 11.3 Å². The van der Waals surface area contributed by atoms with E-state index in [2.05, 4.69) is 55.5 Å². The summed E-state index contributed by atoms with van der Waals surface area (Å²) in [6.45, 7) is 1.73. The number of carbonyl (C=O) groups excluding carboxylic acids is 3. The molecule has 4 aromatic rings. The molecule has 0 bridgehead atoms. The fraction of sp³-hybridized carbons (Fsp3) is 0.241. The van der Waals surface area contributed by atoms with Gasteiger partial charge >= 0.3 is 11.8 Å². The first-order valence-electron chi connectivity index (χ1n) is 12.3. The molecule has 0 saturated heterocycles. The molecule has 2 aromatic carbocycles. The van der Waals surface area contributed by atoms with E-state index in [4.69, 9.17) is 0 Å². The molecule has 9 heteroatoms. The molecule has 192 valence electrons. The molecule has 0 aliphatic heterocycles. The Bertz CT molecular complexity index is 1570. The molecule has 3 amide bonds. The highest BCUT2D eigenvalue weighted by Gasteiger charge is 2.47. The maximum absolute atomic E-state index is 13.4. The summed E-state index contributed by atoms with van der Waals surface area (Å²) in [6, 6.07) is 14.8. The molecular weight excluding hydrogens is 498 g/mol. The Hall–Kier alpha value is -4.42. The van der Waals surface area contributed by atoms with Crippen molar-refractivity contribution >= 4 is 40.0 Å². The number of rotatable bonds is 6. The van der Waals surface area contributed by atoms with Crippen molar-refractivity contribution in [3.63, 3.8) is 0 Å². The molecule has 0 radical (unpaired) electrons. The van der Waals surface area contributed by atoms with Gasteiger partial charge in [0.2, 0.25) is 0 Å². The number of benzene rings is 2. The predicted octanol–water partition coefficient (Wildman–Crippen LogP) is 3.23. The molecule has 1 saturated carbocycles. The van der Waals surface area contributed by atoms with Crippen molar-refractivity contribution in [1.82, 2.24) is 25.5 Å². The minimum absolute atomic E-state index is 0.0380. The normalized spacial score (nSPS) is 14.2. The molecule has 1 atom stereocenters. The Morgan fingerprint density at radius 2 is 1.92 bits per heavy atom. The van der Waals surface area contributed by atoms with Crippen LogP contribution in [0.5, 0.6) is 0 Å². The van der Waals surface area contributed by atoms with Gasteiger partial charge < -0.3 is 20.5 Å². The zero-order valence-corrected chi connectivity index (χ0v) is 21.9. The van der Waals surface area contributed by atoms with Crippen LogP contribution in [0.15, 0.2) is 66.3 Å². The average Bonchev–Trinajstić information content (AvgIpc) is 3.31. The Labute approximate surface area is 224 Å². The second kappa shape index (κ2) is 10.5. The van der Waals surface area contributed by atoms with Crippen molar-refractivity contribution < 1.29 is 14.4 Å². The van der Waals surface area contributed by atoms with E-state index in [9.17, 15) is 14.4 Å². The fourth-order valence-electron chi connectivity index (χ4n) is 4.50. The first-order chi connectivity index (χ1) is 18.4. The number of nitrogens with one attached hydrogen (secondary N) is 3. The number of carbonyl (C=O) groups is 3. The summed E-state index contributed by atoms with van der Waals surface area (Å²) in [4.78, 5) is 42.2. The van der Waals surface area contributed by atoms with Gasteiger partial charge in [-0.2, -0.15) is 0 Å². The summed E-state index contributed by atoms with van der Waals surface area (Å²) in [5.41, 5.74) is 2.90. The molecule has 1 aliphatic rings. The number of hydrogen-bond donors (Lipinski definition) is 3. The van der Waals surface area contributed by atoms with E-state index in [1.807, 2.05) is 24.7 Å². The van der Waals surface area contributed by atoms with Crippen LogP contribution in [0.2, 0.25) is 0 Å². The zero-order valence-electron chi connectivity index (χ0n) is 21.1. The second-order valence-corrected chi connectivity index (χ2v) is 10.2. The summed E-state index contributed by atoms with van der Waals surface area (Å²) in [5, 5.41) is 12.0. The fourth-order valence-corrected chi connectivity index (χ4v) is 4.99. The Balaban J connectivity index is 1.23. The van der Waals surface area contributed by atoms with E-state index in [-0.39, 0.29) is 12.5 Å². The number of amides is 3. The van der Waals surface area contributed by atoms with Crippen molar-refractivity contribution in [2.45, 2.75) is 37.9 Å². The van der Waals surface area contributed by atoms with E-state index < -0.39 is 23.4 Å². The van der Waals surface area contributed by atoms with Crippen molar-refractivity contribution in [1.29, 1.82) is 0 Å². The van der Waals surface area contributed by atoms with Gasteiger partial charge in [0.05, 0.1) is 11.6 Å². The largest absolute Gasteiger partial charge is 0.351 e. The van der Waals surface area contributed by atoms with Crippen molar-refractivity contribution in [3.05, 3.63) is 88.0 Å². The van der Waals surface area contributed by atoms with Crippen LogP contribution in [-0.2, 0) is 28.7 Å². The summed E-state index contributed by atoms with van der Waals surface area (Å²) in [5.74, 6) is 3.91. The van der Waals surface area contributed by atoms with E-state index in [1.54, 1.807) is 37.4 Å². The molecule has 1 aliphatic carbocycles. The summed E-state index contributed by atoms with van der Waals surface area (Å²) >= 11 is 1.40. The van der Waals surface area contributed by atoms with Gasteiger partial charge in [0.25, 0.3) is 5.91 Å². The molecular formula is C29H27N5O3S. The van der Waals surface area contributed by atoms with Crippen LogP contribution in [0.1, 0.15) is 46.3 Å². The highest BCUT2D eigenvalue weighted by atomic mass is 32.1. The van der Waals surface area contributed by atoms with Crippen molar-refractivity contribution in [2.75, 3.05) is 0 Å². The van der Waals surface area contributed by atoms with Gasteiger partial charge in [-0.3, -0.25) is 14.4 Å². The first kappa shape index (κ1) is 25.2. The molecule has 8 nitrogen and oxygen atoms in total. The minimum atomic E-state index is -0.794. The van der Waals surface area contributed by atoms with Gasteiger partial charge in [-0.05, 0) is 55.0 Å². The lowest BCUT2D eigenvalue weighted by Gasteiger charge is -2.20. The molecule has 0 spiro atoms. The lowest BCUT2D eigenvalue weighted by molar-refractivity contribution is -0.139. The van der Waals surface area contributed by atoms with E-state index >= 15 is 0 Å². The summed E-state index contributed by atoms with van der Waals surface area (Å²) in [6.07, 6.45) is 5.39. The molecule has 0 unspecified atom stereocenters. The topological polar surface area (TPSA) is 105 Å². The van der Waals surface area contributed by atoms with Crippen molar-refractivity contribution in [2.24, 2.45) is 7.05 Å². The first-order valence-corrected chi connectivity index (χ1v) is 13.2. The summed E-state index contributed by atoms with van der Waals surface area (Å²) in [7, 11) is 2.01. The van der Waals surface area contributed by atoms with Crippen LogP contribution in [0.25, 0.3) is 10.9 Å². The molecule has 2 heterocycles. The van der Waals surface area contributed by atoms with E-state index in [0.717, 1.165) is 29.3 Å². The maximum Gasteiger partial charge on any atom is 0.310 e. The highest BCUT2D eigenvalue weighted by molar-refractivity contribution is 7.10. The monoisotopic (exact) mass is 525 g/mol. The number of aryl methyl sites for hydroxylation is 1. The number of hydrogen-bond acceptors (Lipinski definition) is 5. The number of thiazole rings is 1. The molecule has 38 heavy (non-hydrogen) atoms. The third kappa shape index (κ3) is 5.31. The van der Waals surface area contributed by atoms with Crippen LogP contribution in [-0.4, -0.2) is 33.3 Å². The molecule has 3 N–H and O–H groups in total. The minimum Gasteiger partial charge on any atom is -0.351 e. The van der Waals surface area contributed by atoms with E-state index in [1.165, 1.54) is 11.3 Å². The van der Waals surface area contributed by atoms with Crippen LogP contribution < -0.4 is 16.0 Å². The maximum atomic E-state index is 13.4. The predicted molar refractivity (Wildman–Crippen MR) is 146 cm³/mol. The summed E-state index contributed by atoms with van der Waals surface area (Å²) < 4.78 is 2.07. The van der Waals surface area contributed by atoms with Crippen LogP contribution in [0, 0.1) is 11.8 Å². The van der Waals surface area contributed by atoms with Gasteiger partial charge in [-0.15, -0.1) is 11.3 Å². The van der Waals surface area contributed by atoms with Gasteiger partial charge in [0.15, 0.2) is 5.01 Å².